The first-order chi connectivity index (χ1) is 8.49. The minimum Gasteiger partial charge on any atom is -0.381 e. The van der Waals surface area contributed by atoms with Crippen LogP contribution in [0.1, 0.15) is 28.1 Å². The second-order valence-electron chi connectivity index (χ2n) is 4.94. The molecule has 0 unspecified atom stereocenters. The lowest BCUT2D eigenvalue weighted by Gasteiger charge is -2.10. The maximum absolute atomic E-state index is 4.44. The Morgan fingerprint density at radius 3 is 2.44 bits per heavy atom. The van der Waals surface area contributed by atoms with Crippen LogP contribution in [-0.2, 0) is 13.6 Å². The largest absolute Gasteiger partial charge is 0.381 e. The first-order valence-electron chi connectivity index (χ1n) is 6.29. The lowest BCUT2D eigenvalue weighted by molar-refractivity contribution is 0.730. The Morgan fingerprint density at radius 1 is 1.17 bits per heavy atom. The molecule has 0 atom stereocenters. The molecule has 0 aliphatic rings. The predicted octanol–water partition coefficient (Wildman–Crippen LogP) is 3.27. The van der Waals surface area contributed by atoms with Crippen molar-refractivity contribution in [3.8, 4) is 0 Å². The molecule has 0 radical (unpaired) electrons. The molecule has 0 aliphatic heterocycles. The molecule has 3 heteroatoms. The summed E-state index contributed by atoms with van der Waals surface area (Å²) in [5.74, 6) is 0. The summed E-state index contributed by atoms with van der Waals surface area (Å²) in [5, 5.41) is 7.93. The van der Waals surface area contributed by atoms with Crippen LogP contribution in [0.3, 0.4) is 0 Å². The molecule has 0 amide bonds. The van der Waals surface area contributed by atoms with Crippen molar-refractivity contribution in [1.29, 1.82) is 0 Å². The SMILES string of the molecule is Cc1ccc(NCc2c(C)nn(C)c2C)c(C)c1. The molecule has 0 saturated heterocycles. The maximum Gasteiger partial charge on any atom is 0.0646 e. The van der Waals surface area contributed by atoms with Gasteiger partial charge in [-0.05, 0) is 39.3 Å². The van der Waals surface area contributed by atoms with Crippen LogP contribution in [0.4, 0.5) is 5.69 Å². The summed E-state index contributed by atoms with van der Waals surface area (Å²) in [4.78, 5) is 0. The van der Waals surface area contributed by atoms with Gasteiger partial charge in [-0.2, -0.15) is 5.10 Å². The second kappa shape index (κ2) is 4.84. The fraction of sp³-hybridized carbons (Fsp3) is 0.400. The van der Waals surface area contributed by atoms with Gasteiger partial charge >= 0.3 is 0 Å². The van der Waals surface area contributed by atoms with E-state index in [9.17, 15) is 0 Å². The Labute approximate surface area is 109 Å². The van der Waals surface area contributed by atoms with Crippen molar-refractivity contribution in [2.75, 3.05) is 5.32 Å². The van der Waals surface area contributed by atoms with E-state index in [1.807, 2.05) is 11.7 Å². The Kier molecular flexibility index (Phi) is 3.41. The zero-order valence-corrected chi connectivity index (χ0v) is 11.8. The molecule has 18 heavy (non-hydrogen) atoms. The molecule has 0 bridgehead atoms. The van der Waals surface area contributed by atoms with Crippen LogP contribution in [0.2, 0.25) is 0 Å². The van der Waals surface area contributed by atoms with Crippen molar-refractivity contribution in [2.24, 2.45) is 7.05 Å². The van der Waals surface area contributed by atoms with Crippen LogP contribution < -0.4 is 5.32 Å². The molecule has 1 N–H and O–H groups in total. The third-order valence-electron chi connectivity index (χ3n) is 3.50. The van der Waals surface area contributed by atoms with Crippen molar-refractivity contribution in [3.05, 3.63) is 46.3 Å². The van der Waals surface area contributed by atoms with Crippen LogP contribution in [0, 0.1) is 27.7 Å². The quantitative estimate of drug-likeness (QED) is 0.896. The highest BCUT2D eigenvalue weighted by atomic mass is 15.3. The van der Waals surface area contributed by atoms with Gasteiger partial charge in [-0.15, -0.1) is 0 Å². The number of anilines is 1. The average Bonchev–Trinajstić information content (AvgIpc) is 2.53. The van der Waals surface area contributed by atoms with E-state index < -0.39 is 0 Å². The first kappa shape index (κ1) is 12.7. The topological polar surface area (TPSA) is 29.9 Å². The number of nitrogens with one attached hydrogen (secondary N) is 1. The molecule has 0 fully saturated rings. The molecule has 2 aromatic rings. The number of rotatable bonds is 3. The van der Waals surface area contributed by atoms with E-state index in [2.05, 4.69) is 56.3 Å². The van der Waals surface area contributed by atoms with Crippen LogP contribution in [-0.4, -0.2) is 9.78 Å². The van der Waals surface area contributed by atoms with E-state index in [0.717, 1.165) is 12.2 Å². The van der Waals surface area contributed by atoms with E-state index in [0.29, 0.717) is 0 Å². The summed E-state index contributed by atoms with van der Waals surface area (Å²) in [6, 6.07) is 6.48. The number of hydrogen-bond donors (Lipinski definition) is 1. The van der Waals surface area contributed by atoms with Gasteiger partial charge in [-0.1, -0.05) is 17.7 Å². The monoisotopic (exact) mass is 243 g/mol. The summed E-state index contributed by atoms with van der Waals surface area (Å²) >= 11 is 0. The summed E-state index contributed by atoms with van der Waals surface area (Å²) in [6.07, 6.45) is 0. The predicted molar refractivity (Wildman–Crippen MR) is 75.9 cm³/mol. The van der Waals surface area contributed by atoms with Gasteiger partial charge in [0.1, 0.15) is 0 Å². The molecule has 0 saturated carbocycles. The molecule has 1 aromatic heterocycles. The number of aromatic nitrogens is 2. The van der Waals surface area contributed by atoms with Gasteiger partial charge in [-0.3, -0.25) is 4.68 Å². The Hall–Kier alpha value is -1.77. The molecule has 0 aliphatic carbocycles. The molecule has 2 rings (SSSR count). The van der Waals surface area contributed by atoms with Gasteiger partial charge in [0.25, 0.3) is 0 Å². The molecule has 0 spiro atoms. The van der Waals surface area contributed by atoms with Crippen LogP contribution in [0.15, 0.2) is 18.2 Å². The lowest BCUT2D eigenvalue weighted by Crippen LogP contribution is -2.03. The van der Waals surface area contributed by atoms with Gasteiger partial charge in [0.05, 0.1) is 5.69 Å². The summed E-state index contributed by atoms with van der Waals surface area (Å²) in [6.45, 7) is 9.25. The molecule has 1 aromatic carbocycles. The highest BCUT2D eigenvalue weighted by Crippen LogP contribution is 2.19. The van der Waals surface area contributed by atoms with Crippen molar-refractivity contribution in [3.63, 3.8) is 0 Å². The first-order valence-corrected chi connectivity index (χ1v) is 6.29. The number of benzene rings is 1. The normalized spacial score (nSPS) is 10.7. The van der Waals surface area contributed by atoms with E-state index in [1.54, 1.807) is 0 Å². The standard InChI is InChI=1S/C15H21N3/c1-10-6-7-15(11(2)8-10)16-9-14-12(3)17-18(5)13(14)4/h6-8,16H,9H2,1-5H3. The average molecular weight is 243 g/mol. The summed E-state index contributed by atoms with van der Waals surface area (Å²) < 4.78 is 1.94. The highest BCUT2D eigenvalue weighted by molar-refractivity contribution is 5.52. The molecule has 96 valence electrons. The van der Waals surface area contributed by atoms with Gasteiger partial charge < -0.3 is 5.32 Å². The van der Waals surface area contributed by atoms with Crippen LogP contribution in [0.5, 0.6) is 0 Å². The third-order valence-corrected chi connectivity index (χ3v) is 3.50. The molecule has 1 heterocycles. The zero-order chi connectivity index (χ0) is 13.3. The van der Waals surface area contributed by atoms with Gasteiger partial charge in [0.15, 0.2) is 0 Å². The molecular formula is C15H21N3. The minimum atomic E-state index is 0.829. The van der Waals surface area contributed by atoms with E-state index in [1.165, 1.54) is 28.1 Å². The van der Waals surface area contributed by atoms with Gasteiger partial charge in [-0.25, -0.2) is 0 Å². The van der Waals surface area contributed by atoms with Gasteiger partial charge in [0.2, 0.25) is 0 Å². The van der Waals surface area contributed by atoms with Gasteiger partial charge in [0, 0.05) is 30.5 Å². The minimum absolute atomic E-state index is 0.829. The second-order valence-corrected chi connectivity index (χ2v) is 4.94. The third kappa shape index (κ3) is 2.40. The number of hydrogen-bond acceptors (Lipinski definition) is 2. The highest BCUT2D eigenvalue weighted by Gasteiger charge is 2.09. The Morgan fingerprint density at radius 2 is 1.89 bits per heavy atom. The van der Waals surface area contributed by atoms with E-state index >= 15 is 0 Å². The summed E-state index contributed by atoms with van der Waals surface area (Å²) in [7, 11) is 1.99. The zero-order valence-electron chi connectivity index (χ0n) is 11.8. The summed E-state index contributed by atoms with van der Waals surface area (Å²) in [5.41, 5.74) is 7.40. The van der Waals surface area contributed by atoms with Crippen molar-refractivity contribution < 1.29 is 0 Å². The maximum atomic E-state index is 4.44. The van der Waals surface area contributed by atoms with Crippen LogP contribution in [0.25, 0.3) is 0 Å². The molecule has 3 nitrogen and oxygen atoms in total. The smallest absolute Gasteiger partial charge is 0.0646 e. The fourth-order valence-electron chi connectivity index (χ4n) is 2.27. The van der Waals surface area contributed by atoms with Crippen molar-refractivity contribution in [2.45, 2.75) is 34.2 Å². The Balaban J connectivity index is 2.16. The fourth-order valence-corrected chi connectivity index (χ4v) is 2.27. The van der Waals surface area contributed by atoms with Crippen LogP contribution >= 0.6 is 0 Å². The van der Waals surface area contributed by atoms with E-state index in [4.69, 9.17) is 0 Å². The molecular weight excluding hydrogens is 222 g/mol. The van der Waals surface area contributed by atoms with Crippen molar-refractivity contribution in [1.82, 2.24) is 9.78 Å². The number of aryl methyl sites for hydroxylation is 4. The lowest BCUT2D eigenvalue weighted by atomic mass is 10.1. The number of nitrogens with zero attached hydrogens (tertiary/aromatic N) is 2. The van der Waals surface area contributed by atoms with E-state index in [-0.39, 0.29) is 0 Å². The van der Waals surface area contributed by atoms with Crippen molar-refractivity contribution >= 4 is 5.69 Å². The Bertz CT molecular complexity index is 567.